The number of quaternary nitrogens is 1. The molecule has 1 aliphatic rings. The van der Waals surface area contributed by atoms with E-state index < -0.39 is 16.7 Å². The highest BCUT2D eigenvalue weighted by Crippen LogP contribution is 2.48. The first kappa shape index (κ1) is 14.3. The lowest BCUT2D eigenvalue weighted by atomic mass is 9.77. The Morgan fingerprint density at radius 2 is 2.00 bits per heavy atom. The molecule has 21 heavy (non-hydrogen) atoms. The fraction of sp³-hybridized carbons (Fsp3) is 0.154. The van der Waals surface area contributed by atoms with E-state index in [1.54, 1.807) is 18.2 Å². The predicted octanol–water partition coefficient (Wildman–Crippen LogP) is -0.111. The van der Waals surface area contributed by atoms with Crippen LogP contribution in [0.5, 0.6) is 0 Å². The summed E-state index contributed by atoms with van der Waals surface area (Å²) in [7, 11) is 0. The number of hydrogen-bond donors (Lipinski definition) is 3. The van der Waals surface area contributed by atoms with Crippen molar-refractivity contribution < 1.29 is 15.2 Å². The van der Waals surface area contributed by atoms with Gasteiger partial charge in [-0.15, -0.1) is 0 Å². The molecule has 1 aliphatic heterocycles. The van der Waals surface area contributed by atoms with E-state index >= 15 is 0 Å². The third-order valence-electron chi connectivity index (χ3n) is 3.18. The molecule has 2 unspecified atom stereocenters. The minimum absolute atomic E-state index is 0.0233. The molecular weight excluding hydrogens is 274 g/mol. The third kappa shape index (κ3) is 2.04. The lowest BCUT2D eigenvalue weighted by molar-refractivity contribution is -0.991. The maximum Gasteiger partial charge on any atom is 0.224 e. The summed E-state index contributed by atoms with van der Waals surface area (Å²) in [5.74, 6) is -0.300. The van der Waals surface area contributed by atoms with Crippen LogP contribution < -0.4 is 11.0 Å². The molecule has 0 bridgehead atoms. The highest BCUT2D eigenvalue weighted by molar-refractivity contribution is 5.51. The summed E-state index contributed by atoms with van der Waals surface area (Å²) in [6.45, 7) is 0. The van der Waals surface area contributed by atoms with Crippen LogP contribution in [-0.2, 0) is 4.74 Å². The van der Waals surface area contributed by atoms with Gasteiger partial charge in [-0.25, -0.2) is 5.21 Å². The summed E-state index contributed by atoms with van der Waals surface area (Å²) in [5, 5.41) is 46.6. The lowest BCUT2D eigenvalue weighted by Crippen LogP contribution is -2.99. The summed E-state index contributed by atoms with van der Waals surface area (Å²) >= 11 is 0. The summed E-state index contributed by atoms with van der Waals surface area (Å²) in [6, 6.07) is 10.9. The Bertz CT molecular complexity index is 721. The van der Waals surface area contributed by atoms with Gasteiger partial charge in [0, 0.05) is 17.7 Å². The quantitative estimate of drug-likeness (QED) is 0.639. The van der Waals surface area contributed by atoms with Crippen molar-refractivity contribution in [1.82, 2.24) is 0 Å². The molecule has 0 amide bonds. The van der Waals surface area contributed by atoms with Crippen molar-refractivity contribution in [3.8, 4) is 18.2 Å². The topological polar surface area (TPSA) is 154 Å². The van der Waals surface area contributed by atoms with Gasteiger partial charge in [0.2, 0.25) is 11.3 Å². The molecule has 4 N–H and O–H groups in total. The second-order valence-corrected chi connectivity index (χ2v) is 4.31. The molecule has 0 fully saturated rings. The Labute approximate surface area is 119 Å². The van der Waals surface area contributed by atoms with Crippen molar-refractivity contribution in [1.29, 1.82) is 15.8 Å². The zero-order valence-electron chi connectivity index (χ0n) is 10.6. The molecule has 8 heteroatoms. The number of rotatable bonds is 2. The van der Waals surface area contributed by atoms with Crippen molar-refractivity contribution in [3.63, 3.8) is 0 Å². The monoisotopic (exact) mass is 283 g/mol. The number of nitriles is 3. The Morgan fingerprint density at radius 3 is 2.52 bits per heavy atom. The first-order valence-corrected chi connectivity index (χ1v) is 5.73. The molecule has 0 saturated heterocycles. The SMILES string of the molecule is N#CC1=C(N)OC(c2cccc([NH+]([O-])O)c2)C1(C#N)C#N. The largest absolute Gasteiger partial charge is 0.595 e. The minimum atomic E-state index is -1.89. The van der Waals surface area contributed by atoms with E-state index in [-0.39, 0.29) is 22.7 Å². The predicted molar refractivity (Wildman–Crippen MR) is 66.5 cm³/mol. The van der Waals surface area contributed by atoms with Gasteiger partial charge in [0.25, 0.3) is 0 Å². The van der Waals surface area contributed by atoms with Gasteiger partial charge in [-0.3, -0.25) is 0 Å². The van der Waals surface area contributed by atoms with Gasteiger partial charge >= 0.3 is 0 Å². The second kappa shape index (κ2) is 5.12. The summed E-state index contributed by atoms with van der Waals surface area (Å²) < 4.78 is 5.28. The molecular formula is C13H9N5O3. The van der Waals surface area contributed by atoms with Crippen LogP contribution >= 0.6 is 0 Å². The molecule has 1 aromatic rings. The van der Waals surface area contributed by atoms with E-state index in [4.69, 9.17) is 20.9 Å². The molecule has 104 valence electrons. The highest BCUT2D eigenvalue weighted by atomic mass is 16.8. The second-order valence-electron chi connectivity index (χ2n) is 4.31. The number of nitrogens with zero attached hydrogens (tertiary/aromatic N) is 3. The lowest BCUT2D eigenvalue weighted by Gasteiger charge is -2.22. The third-order valence-corrected chi connectivity index (χ3v) is 3.18. The van der Waals surface area contributed by atoms with Gasteiger partial charge in [-0.2, -0.15) is 21.0 Å². The van der Waals surface area contributed by atoms with Crippen LogP contribution in [-0.4, -0.2) is 5.21 Å². The Kier molecular flexibility index (Phi) is 3.49. The van der Waals surface area contributed by atoms with Gasteiger partial charge in [0.05, 0.1) is 12.1 Å². The van der Waals surface area contributed by atoms with Crippen LogP contribution in [0.15, 0.2) is 35.7 Å². The van der Waals surface area contributed by atoms with Crippen molar-refractivity contribution in [2.45, 2.75) is 6.10 Å². The zero-order valence-corrected chi connectivity index (χ0v) is 10.6. The van der Waals surface area contributed by atoms with Crippen molar-refractivity contribution in [3.05, 3.63) is 46.5 Å². The van der Waals surface area contributed by atoms with Crippen molar-refractivity contribution in [2.75, 3.05) is 0 Å². The number of benzene rings is 1. The molecule has 2 atom stereocenters. The maximum atomic E-state index is 11.0. The van der Waals surface area contributed by atoms with Gasteiger partial charge in [-0.1, -0.05) is 12.1 Å². The number of nitrogens with one attached hydrogen (secondary N) is 1. The molecule has 0 saturated carbocycles. The molecule has 8 nitrogen and oxygen atoms in total. The van der Waals surface area contributed by atoms with E-state index in [0.29, 0.717) is 0 Å². The summed E-state index contributed by atoms with van der Waals surface area (Å²) in [5.41, 5.74) is 3.66. The van der Waals surface area contributed by atoms with E-state index in [0.717, 1.165) is 0 Å². The van der Waals surface area contributed by atoms with Crippen LogP contribution in [0.4, 0.5) is 5.69 Å². The van der Waals surface area contributed by atoms with Gasteiger partial charge < -0.3 is 15.7 Å². The fourth-order valence-corrected chi connectivity index (χ4v) is 2.15. The Balaban J connectivity index is 2.57. The number of ether oxygens (including phenoxy) is 1. The maximum absolute atomic E-state index is 11.0. The van der Waals surface area contributed by atoms with Crippen LogP contribution in [0.3, 0.4) is 0 Å². The van der Waals surface area contributed by atoms with Crippen LogP contribution in [0.25, 0.3) is 0 Å². The van der Waals surface area contributed by atoms with E-state index in [1.807, 2.05) is 0 Å². The molecule has 2 rings (SSSR count). The summed E-state index contributed by atoms with van der Waals surface area (Å²) in [6.07, 6.45) is -1.15. The Hall–Kier alpha value is -3.09. The van der Waals surface area contributed by atoms with E-state index in [9.17, 15) is 15.7 Å². The molecule has 0 radical (unpaired) electrons. The molecule has 0 spiro atoms. The fourth-order valence-electron chi connectivity index (χ4n) is 2.15. The average Bonchev–Trinajstić information content (AvgIpc) is 2.79. The zero-order chi connectivity index (χ0) is 15.6. The van der Waals surface area contributed by atoms with Crippen molar-refractivity contribution in [2.24, 2.45) is 11.1 Å². The molecule has 1 aromatic carbocycles. The van der Waals surface area contributed by atoms with Gasteiger partial charge in [-0.05, 0) is 0 Å². The Morgan fingerprint density at radius 1 is 1.33 bits per heavy atom. The van der Waals surface area contributed by atoms with E-state index in [2.05, 4.69) is 0 Å². The molecule has 0 aromatic heterocycles. The average molecular weight is 283 g/mol. The van der Waals surface area contributed by atoms with Crippen molar-refractivity contribution >= 4 is 5.69 Å². The highest BCUT2D eigenvalue weighted by Gasteiger charge is 2.53. The van der Waals surface area contributed by atoms with Gasteiger partial charge in [0.1, 0.15) is 11.6 Å². The smallest absolute Gasteiger partial charge is 0.224 e. The number of nitrogens with two attached hydrogens (primary N) is 1. The number of hydrogen-bond acceptors (Lipinski definition) is 7. The standard InChI is InChI=1S/C13H9N5O3/c14-5-10-12(17)21-11(13(10,6-15)7-16)8-2-1-3-9(4-8)18(19)20/h1-4,11,18-19H,17H2. The normalized spacial score (nSPS) is 20.8. The van der Waals surface area contributed by atoms with Crippen LogP contribution in [0.1, 0.15) is 11.7 Å². The van der Waals surface area contributed by atoms with E-state index in [1.165, 1.54) is 24.3 Å². The van der Waals surface area contributed by atoms with Crippen LogP contribution in [0.2, 0.25) is 0 Å². The summed E-state index contributed by atoms with van der Waals surface area (Å²) in [4.78, 5) is 0. The van der Waals surface area contributed by atoms with Gasteiger partial charge in [0.15, 0.2) is 11.8 Å². The molecule has 1 heterocycles. The molecule has 0 aliphatic carbocycles. The first-order valence-electron chi connectivity index (χ1n) is 5.73. The first-order chi connectivity index (χ1) is 10.00. The minimum Gasteiger partial charge on any atom is -0.595 e. The van der Waals surface area contributed by atoms with Crippen LogP contribution in [0, 0.1) is 44.6 Å².